The molecule has 1 rings (SSSR count). The Kier molecular flexibility index (Phi) is 4.31. The molecule has 0 radical (unpaired) electrons. The first kappa shape index (κ1) is 11.7. The van der Waals surface area contributed by atoms with Gasteiger partial charge in [-0.3, -0.25) is 4.79 Å². The summed E-state index contributed by atoms with van der Waals surface area (Å²) in [6, 6.07) is 5.43. The summed E-state index contributed by atoms with van der Waals surface area (Å²) in [6.07, 6.45) is 0. The summed E-state index contributed by atoms with van der Waals surface area (Å²) in [5.74, 6) is 0.874. The van der Waals surface area contributed by atoms with E-state index in [1.54, 1.807) is 20.1 Å². The number of benzene rings is 1. The van der Waals surface area contributed by atoms with Gasteiger partial charge in [-0.2, -0.15) is 0 Å². The topological polar surface area (TPSA) is 35.5 Å². The minimum absolute atomic E-state index is 0.0709. The van der Waals surface area contributed by atoms with Gasteiger partial charge in [-0.1, -0.05) is 0 Å². The molecule has 0 aliphatic rings. The van der Waals surface area contributed by atoms with E-state index in [1.165, 1.54) is 0 Å². The van der Waals surface area contributed by atoms with Gasteiger partial charge in [0.1, 0.15) is 12.4 Å². The Morgan fingerprint density at radius 2 is 2.07 bits per heavy atom. The predicted octanol–water partition coefficient (Wildman–Crippen LogP) is 2.22. The molecule has 1 aromatic rings. The smallest absolute Gasteiger partial charge is 0.159 e. The average molecular weight is 208 g/mol. The lowest BCUT2D eigenvalue weighted by molar-refractivity contribution is 0.101. The SMILES string of the molecule is COCCOc1ccc(C(C)=O)cc1C. The van der Waals surface area contributed by atoms with E-state index in [9.17, 15) is 4.79 Å². The van der Waals surface area contributed by atoms with Crippen molar-refractivity contribution in [1.29, 1.82) is 0 Å². The summed E-state index contributed by atoms with van der Waals surface area (Å²) >= 11 is 0. The quantitative estimate of drug-likeness (QED) is 0.550. The Balaban J connectivity index is 2.70. The fourth-order valence-electron chi connectivity index (χ4n) is 1.27. The number of ether oxygens (including phenoxy) is 2. The summed E-state index contributed by atoms with van der Waals surface area (Å²) in [5.41, 5.74) is 1.69. The van der Waals surface area contributed by atoms with Crippen LogP contribution in [0.2, 0.25) is 0 Å². The maximum atomic E-state index is 11.1. The minimum Gasteiger partial charge on any atom is -0.491 e. The van der Waals surface area contributed by atoms with Gasteiger partial charge in [0.25, 0.3) is 0 Å². The lowest BCUT2D eigenvalue weighted by Crippen LogP contribution is -2.05. The van der Waals surface area contributed by atoms with Gasteiger partial charge in [0, 0.05) is 12.7 Å². The number of carbonyl (C=O) groups is 1. The van der Waals surface area contributed by atoms with Crippen LogP contribution >= 0.6 is 0 Å². The number of hydrogen-bond donors (Lipinski definition) is 0. The predicted molar refractivity (Wildman–Crippen MR) is 58.6 cm³/mol. The normalized spacial score (nSPS) is 10.1. The van der Waals surface area contributed by atoms with E-state index in [4.69, 9.17) is 9.47 Å². The number of hydrogen-bond acceptors (Lipinski definition) is 3. The molecule has 0 fully saturated rings. The molecule has 0 unspecified atom stereocenters. The maximum absolute atomic E-state index is 11.1. The molecule has 3 heteroatoms. The van der Waals surface area contributed by atoms with E-state index in [0.717, 1.165) is 11.3 Å². The van der Waals surface area contributed by atoms with E-state index in [1.807, 2.05) is 19.1 Å². The molecule has 15 heavy (non-hydrogen) atoms. The lowest BCUT2D eigenvalue weighted by atomic mass is 10.1. The van der Waals surface area contributed by atoms with Crippen molar-refractivity contribution in [2.75, 3.05) is 20.3 Å². The fraction of sp³-hybridized carbons (Fsp3) is 0.417. The highest BCUT2D eigenvalue weighted by Gasteiger charge is 2.03. The molecule has 3 nitrogen and oxygen atoms in total. The Bertz CT molecular complexity index is 345. The fourth-order valence-corrected chi connectivity index (χ4v) is 1.27. The molecule has 0 heterocycles. The Labute approximate surface area is 90.0 Å². The van der Waals surface area contributed by atoms with Crippen LogP contribution in [0.3, 0.4) is 0 Å². The molecule has 0 saturated carbocycles. The number of carbonyl (C=O) groups excluding carboxylic acids is 1. The monoisotopic (exact) mass is 208 g/mol. The van der Waals surface area contributed by atoms with Gasteiger partial charge in [0.2, 0.25) is 0 Å². The lowest BCUT2D eigenvalue weighted by Gasteiger charge is -2.09. The van der Waals surface area contributed by atoms with E-state index in [-0.39, 0.29) is 5.78 Å². The van der Waals surface area contributed by atoms with Gasteiger partial charge in [0.15, 0.2) is 5.78 Å². The van der Waals surface area contributed by atoms with E-state index >= 15 is 0 Å². The van der Waals surface area contributed by atoms with Crippen molar-refractivity contribution >= 4 is 5.78 Å². The van der Waals surface area contributed by atoms with Crippen LogP contribution in [-0.2, 0) is 4.74 Å². The number of aryl methyl sites for hydroxylation is 1. The Morgan fingerprint density at radius 3 is 2.60 bits per heavy atom. The van der Waals surface area contributed by atoms with E-state index in [0.29, 0.717) is 18.8 Å². The molecule has 0 saturated heterocycles. The maximum Gasteiger partial charge on any atom is 0.159 e. The largest absolute Gasteiger partial charge is 0.491 e. The van der Waals surface area contributed by atoms with Crippen molar-refractivity contribution < 1.29 is 14.3 Å². The summed E-state index contributed by atoms with van der Waals surface area (Å²) < 4.78 is 10.4. The molecule has 0 bridgehead atoms. The third kappa shape index (κ3) is 3.36. The van der Waals surface area contributed by atoms with Crippen molar-refractivity contribution in [2.24, 2.45) is 0 Å². The Morgan fingerprint density at radius 1 is 1.33 bits per heavy atom. The zero-order valence-corrected chi connectivity index (χ0v) is 9.37. The number of rotatable bonds is 5. The summed E-state index contributed by atoms with van der Waals surface area (Å²) in [7, 11) is 1.63. The van der Waals surface area contributed by atoms with Crippen LogP contribution in [0.25, 0.3) is 0 Å². The van der Waals surface area contributed by atoms with Gasteiger partial charge >= 0.3 is 0 Å². The minimum atomic E-state index is 0.0709. The average Bonchev–Trinajstić information content (AvgIpc) is 2.20. The van der Waals surface area contributed by atoms with Gasteiger partial charge in [-0.25, -0.2) is 0 Å². The van der Waals surface area contributed by atoms with Crippen LogP contribution in [0.15, 0.2) is 18.2 Å². The third-order valence-corrected chi connectivity index (χ3v) is 2.13. The molecule has 0 aliphatic heterocycles. The first-order chi connectivity index (χ1) is 7.15. The van der Waals surface area contributed by atoms with Crippen molar-refractivity contribution in [2.45, 2.75) is 13.8 Å². The van der Waals surface area contributed by atoms with E-state index < -0.39 is 0 Å². The molecule has 0 atom stereocenters. The van der Waals surface area contributed by atoms with Gasteiger partial charge in [-0.15, -0.1) is 0 Å². The number of ketones is 1. The molecule has 0 spiro atoms. The first-order valence-corrected chi connectivity index (χ1v) is 4.88. The Hall–Kier alpha value is -1.35. The molecule has 82 valence electrons. The highest BCUT2D eigenvalue weighted by Crippen LogP contribution is 2.19. The summed E-state index contributed by atoms with van der Waals surface area (Å²) in [6.45, 7) is 4.57. The molecule has 0 N–H and O–H groups in total. The van der Waals surface area contributed by atoms with Crippen molar-refractivity contribution in [3.8, 4) is 5.75 Å². The summed E-state index contributed by atoms with van der Waals surface area (Å²) in [4.78, 5) is 11.1. The van der Waals surface area contributed by atoms with Crippen molar-refractivity contribution in [3.63, 3.8) is 0 Å². The molecule has 0 aromatic heterocycles. The second kappa shape index (κ2) is 5.51. The highest BCUT2D eigenvalue weighted by molar-refractivity contribution is 5.94. The van der Waals surface area contributed by atoms with Crippen LogP contribution in [0, 0.1) is 6.92 Å². The number of methoxy groups -OCH3 is 1. The standard InChI is InChI=1S/C12H16O3/c1-9-8-11(10(2)13)4-5-12(9)15-7-6-14-3/h4-5,8H,6-7H2,1-3H3. The van der Waals surface area contributed by atoms with Gasteiger partial charge < -0.3 is 9.47 Å². The van der Waals surface area contributed by atoms with Crippen LogP contribution in [0.5, 0.6) is 5.75 Å². The zero-order chi connectivity index (χ0) is 11.3. The first-order valence-electron chi connectivity index (χ1n) is 4.88. The number of Topliss-reactive ketones (excluding diaryl/α,β-unsaturated/α-hetero) is 1. The van der Waals surface area contributed by atoms with Crippen LogP contribution in [0.1, 0.15) is 22.8 Å². The molecular formula is C12H16O3. The van der Waals surface area contributed by atoms with Crippen LogP contribution in [-0.4, -0.2) is 26.1 Å². The van der Waals surface area contributed by atoms with E-state index in [2.05, 4.69) is 0 Å². The second-order valence-electron chi connectivity index (χ2n) is 3.38. The third-order valence-electron chi connectivity index (χ3n) is 2.13. The molecule has 0 aliphatic carbocycles. The molecule has 1 aromatic carbocycles. The van der Waals surface area contributed by atoms with Gasteiger partial charge in [-0.05, 0) is 37.6 Å². The second-order valence-corrected chi connectivity index (χ2v) is 3.38. The van der Waals surface area contributed by atoms with Crippen LogP contribution < -0.4 is 4.74 Å². The van der Waals surface area contributed by atoms with Crippen molar-refractivity contribution in [1.82, 2.24) is 0 Å². The molecular weight excluding hydrogens is 192 g/mol. The van der Waals surface area contributed by atoms with Gasteiger partial charge in [0.05, 0.1) is 6.61 Å². The zero-order valence-electron chi connectivity index (χ0n) is 9.37. The molecule has 0 amide bonds. The summed E-state index contributed by atoms with van der Waals surface area (Å²) in [5, 5.41) is 0. The van der Waals surface area contributed by atoms with Crippen LogP contribution in [0.4, 0.5) is 0 Å². The highest BCUT2D eigenvalue weighted by atomic mass is 16.5. The van der Waals surface area contributed by atoms with Crippen molar-refractivity contribution in [3.05, 3.63) is 29.3 Å².